The summed E-state index contributed by atoms with van der Waals surface area (Å²) < 4.78 is 27.1. The van der Waals surface area contributed by atoms with E-state index in [1.165, 1.54) is 12.1 Å². The highest BCUT2D eigenvalue weighted by Crippen LogP contribution is 2.28. The van der Waals surface area contributed by atoms with Crippen LogP contribution in [0.15, 0.2) is 18.2 Å². The van der Waals surface area contributed by atoms with E-state index in [1.54, 1.807) is 4.90 Å². The van der Waals surface area contributed by atoms with Crippen molar-refractivity contribution >= 4 is 5.91 Å². The van der Waals surface area contributed by atoms with Gasteiger partial charge in [-0.1, -0.05) is 13.0 Å². The number of nitrogens with zero attached hydrogens (tertiary/aromatic N) is 2. The minimum absolute atomic E-state index is 0.0724. The van der Waals surface area contributed by atoms with Crippen LogP contribution in [0.4, 0.5) is 8.78 Å². The monoisotopic (exact) mass is 311 g/mol. The van der Waals surface area contributed by atoms with Crippen molar-refractivity contribution < 1.29 is 13.6 Å². The lowest BCUT2D eigenvalue weighted by Gasteiger charge is -2.39. The molecule has 1 amide bonds. The quantitative estimate of drug-likeness (QED) is 0.904. The zero-order valence-corrected chi connectivity index (χ0v) is 12.9. The lowest BCUT2D eigenvalue weighted by molar-refractivity contribution is -0.133. The summed E-state index contributed by atoms with van der Waals surface area (Å²) in [6.07, 6.45) is 1.10. The van der Waals surface area contributed by atoms with Crippen LogP contribution in [-0.2, 0) is 4.79 Å². The molecule has 2 N–H and O–H groups in total. The van der Waals surface area contributed by atoms with Gasteiger partial charge >= 0.3 is 0 Å². The van der Waals surface area contributed by atoms with Crippen LogP contribution in [0.2, 0.25) is 0 Å². The summed E-state index contributed by atoms with van der Waals surface area (Å²) in [5, 5.41) is 0. The summed E-state index contributed by atoms with van der Waals surface area (Å²) in [4.78, 5) is 15.8. The summed E-state index contributed by atoms with van der Waals surface area (Å²) in [7, 11) is 0. The van der Waals surface area contributed by atoms with Crippen molar-refractivity contribution in [3.05, 3.63) is 35.4 Å². The van der Waals surface area contributed by atoms with Crippen LogP contribution in [0.1, 0.15) is 31.4 Å². The third kappa shape index (κ3) is 3.81. The maximum Gasteiger partial charge on any atom is 0.223 e. The molecule has 1 atom stereocenters. The van der Waals surface area contributed by atoms with Gasteiger partial charge < -0.3 is 10.6 Å². The second kappa shape index (κ2) is 7.65. The number of benzene rings is 1. The van der Waals surface area contributed by atoms with E-state index in [9.17, 15) is 13.6 Å². The standard InChI is InChI=1S/C16H23F2N3O/c1-2-15(13-4-3-12(17)11-14(13)18)20-7-9-21(10-8-20)16(22)5-6-19/h3-4,11,15H,2,5-10,19H2,1H3. The predicted octanol–water partition coefficient (Wildman–Crippen LogP) is 1.91. The molecule has 0 aromatic heterocycles. The molecule has 1 aromatic rings. The van der Waals surface area contributed by atoms with Gasteiger partial charge in [-0.3, -0.25) is 9.69 Å². The van der Waals surface area contributed by atoms with Crippen molar-refractivity contribution in [2.24, 2.45) is 5.73 Å². The smallest absolute Gasteiger partial charge is 0.223 e. The van der Waals surface area contributed by atoms with E-state index in [-0.39, 0.29) is 11.9 Å². The molecule has 0 radical (unpaired) electrons. The Bertz CT molecular complexity index is 516. The van der Waals surface area contributed by atoms with E-state index in [1.807, 2.05) is 6.92 Å². The molecule has 1 aromatic carbocycles. The van der Waals surface area contributed by atoms with E-state index in [0.717, 1.165) is 12.5 Å². The van der Waals surface area contributed by atoms with Crippen LogP contribution in [-0.4, -0.2) is 48.4 Å². The molecule has 0 spiro atoms. The second-order valence-corrected chi connectivity index (χ2v) is 5.55. The number of piperazine rings is 1. The first-order valence-electron chi connectivity index (χ1n) is 7.73. The maximum atomic E-state index is 14.0. The minimum Gasteiger partial charge on any atom is -0.340 e. The maximum absolute atomic E-state index is 14.0. The summed E-state index contributed by atoms with van der Waals surface area (Å²) in [5.74, 6) is -0.995. The average molecular weight is 311 g/mol. The first kappa shape index (κ1) is 16.8. The van der Waals surface area contributed by atoms with Crippen LogP contribution in [0.3, 0.4) is 0 Å². The molecule has 2 rings (SSSR count). The molecule has 22 heavy (non-hydrogen) atoms. The third-order valence-electron chi connectivity index (χ3n) is 4.17. The molecular formula is C16H23F2N3O. The highest BCUT2D eigenvalue weighted by molar-refractivity contribution is 5.76. The molecule has 1 unspecified atom stereocenters. The molecule has 0 saturated carbocycles. The van der Waals surface area contributed by atoms with Gasteiger partial charge in [0, 0.05) is 56.8 Å². The van der Waals surface area contributed by atoms with Gasteiger partial charge in [0.25, 0.3) is 0 Å². The normalized spacial score (nSPS) is 17.5. The minimum atomic E-state index is -0.562. The van der Waals surface area contributed by atoms with Gasteiger partial charge in [0.05, 0.1) is 0 Å². The van der Waals surface area contributed by atoms with E-state index in [0.29, 0.717) is 44.7 Å². The Balaban J connectivity index is 2.03. The fourth-order valence-electron chi connectivity index (χ4n) is 3.01. The fourth-order valence-corrected chi connectivity index (χ4v) is 3.01. The first-order valence-corrected chi connectivity index (χ1v) is 7.73. The Morgan fingerprint density at radius 3 is 2.50 bits per heavy atom. The molecule has 1 heterocycles. The number of carbonyl (C=O) groups excluding carboxylic acids is 1. The lowest BCUT2D eigenvalue weighted by atomic mass is 10.0. The van der Waals surface area contributed by atoms with Crippen molar-refractivity contribution in [3.8, 4) is 0 Å². The fraction of sp³-hybridized carbons (Fsp3) is 0.562. The van der Waals surface area contributed by atoms with E-state index < -0.39 is 11.6 Å². The molecule has 6 heteroatoms. The van der Waals surface area contributed by atoms with Crippen LogP contribution >= 0.6 is 0 Å². The molecule has 0 aliphatic carbocycles. The van der Waals surface area contributed by atoms with Gasteiger partial charge in [-0.05, 0) is 12.5 Å². The Kier molecular flexibility index (Phi) is 5.85. The summed E-state index contributed by atoms with van der Waals surface area (Å²) in [6, 6.07) is 3.65. The van der Waals surface area contributed by atoms with Crippen LogP contribution in [0, 0.1) is 11.6 Å². The number of hydrogen-bond acceptors (Lipinski definition) is 3. The predicted molar refractivity (Wildman–Crippen MR) is 81.2 cm³/mol. The number of nitrogens with two attached hydrogens (primary N) is 1. The van der Waals surface area contributed by atoms with Gasteiger partial charge in [0.1, 0.15) is 11.6 Å². The van der Waals surface area contributed by atoms with Crippen molar-refractivity contribution in [2.75, 3.05) is 32.7 Å². The van der Waals surface area contributed by atoms with Crippen molar-refractivity contribution in [3.63, 3.8) is 0 Å². The topological polar surface area (TPSA) is 49.6 Å². The zero-order chi connectivity index (χ0) is 16.1. The Morgan fingerprint density at radius 1 is 1.27 bits per heavy atom. The van der Waals surface area contributed by atoms with Crippen LogP contribution < -0.4 is 5.73 Å². The van der Waals surface area contributed by atoms with Gasteiger partial charge in [-0.2, -0.15) is 0 Å². The lowest BCUT2D eigenvalue weighted by Crippen LogP contribution is -2.50. The average Bonchev–Trinajstić information content (AvgIpc) is 2.51. The van der Waals surface area contributed by atoms with E-state index in [2.05, 4.69) is 4.90 Å². The Hall–Kier alpha value is -1.53. The number of rotatable bonds is 5. The van der Waals surface area contributed by atoms with Crippen molar-refractivity contribution in [1.82, 2.24) is 9.80 Å². The Morgan fingerprint density at radius 2 is 1.95 bits per heavy atom. The summed E-state index contributed by atoms with van der Waals surface area (Å²) >= 11 is 0. The second-order valence-electron chi connectivity index (χ2n) is 5.55. The van der Waals surface area contributed by atoms with E-state index >= 15 is 0 Å². The highest BCUT2D eigenvalue weighted by Gasteiger charge is 2.27. The van der Waals surface area contributed by atoms with Gasteiger partial charge in [-0.25, -0.2) is 8.78 Å². The van der Waals surface area contributed by atoms with Crippen molar-refractivity contribution in [1.29, 1.82) is 0 Å². The number of amides is 1. The largest absolute Gasteiger partial charge is 0.340 e. The first-order chi connectivity index (χ1) is 10.6. The van der Waals surface area contributed by atoms with Gasteiger partial charge in [0.15, 0.2) is 0 Å². The van der Waals surface area contributed by atoms with Crippen molar-refractivity contribution in [2.45, 2.75) is 25.8 Å². The van der Waals surface area contributed by atoms with Gasteiger partial charge in [0.2, 0.25) is 5.91 Å². The number of carbonyl (C=O) groups is 1. The van der Waals surface area contributed by atoms with Crippen LogP contribution in [0.25, 0.3) is 0 Å². The molecular weight excluding hydrogens is 288 g/mol. The summed E-state index contributed by atoms with van der Waals surface area (Å²) in [5.41, 5.74) is 5.93. The van der Waals surface area contributed by atoms with E-state index in [4.69, 9.17) is 5.73 Å². The molecule has 4 nitrogen and oxygen atoms in total. The molecule has 1 saturated heterocycles. The highest BCUT2D eigenvalue weighted by atomic mass is 19.1. The molecule has 122 valence electrons. The Labute approximate surface area is 129 Å². The third-order valence-corrected chi connectivity index (χ3v) is 4.17. The zero-order valence-electron chi connectivity index (χ0n) is 12.9. The van der Waals surface area contributed by atoms with Gasteiger partial charge in [-0.15, -0.1) is 0 Å². The van der Waals surface area contributed by atoms with Crippen LogP contribution in [0.5, 0.6) is 0 Å². The summed E-state index contributed by atoms with van der Waals surface area (Å²) in [6.45, 7) is 4.96. The SMILES string of the molecule is CCC(c1ccc(F)cc1F)N1CCN(C(=O)CCN)CC1. The molecule has 1 fully saturated rings. The molecule has 1 aliphatic heterocycles. The molecule has 1 aliphatic rings. The number of hydrogen-bond donors (Lipinski definition) is 1. The molecule has 0 bridgehead atoms. The number of halogens is 2.